The van der Waals surface area contributed by atoms with Gasteiger partial charge in [-0.2, -0.15) is 0 Å². The first-order valence-corrected chi connectivity index (χ1v) is 9.95. The second kappa shape index (κ2) is 10.6. The number of benzene rings is 1. The van der Waals surface area contributed by atoms with Crippen molar-refractivity contribution in [1.82, 2.24) is 10.3 Å². The summed E-state index contributed by atoms with van der Waals surface area (Å²) in [6.07, 6.45) is 4.98. The average Bonchev–Trinajstić information content (AvgIpc) is 2.68. The van der Waals surface area contributed by atoms with Crippen LogP contribution in [0.5, 0.6) is 0 Å². The van der Waals surface area contributed by atoms with Gasteiger partial charge in [0.05, 0.1) is 11.9 Å². The van der Waals surface area contributed by atoms with Crippen molar-refractivity contribution < 1.29 is 4.79 Å². The molecule has 0 bridgehead atoms. The van der Waals surface area contributed by atoms with E-state index in [2.05, 4.69) is 66.4 Å². The number of hydrogen-bond acceptors (Lipinski definition) is 4. The van der Waals surface area contributed by atoms with E-state index in [1.807, 2.05) is 6.07 Å². The van der Waals surface area contributed by atoms with E-state index in [1.54, 1.807) is 12.3 Å². The fraction of sp³-hybridized carbons (Fsp3) is 0.455. The van der Waals surface area contributed by atoms with Gasteiger partial charge in [-0.3, -0.25) is 4.79 Å². The third-order valence-corrected chi connectivity index (χ3v) is 4.68. The third-order valence-electron chi connectivity index (χ3n) is 4.68. The molecule has 0 aliphatic carbocycles. The molecule has 0 atom stereocenters. The molecule has 1 amide bonds. The minimum atomic E-state index is -0.114. The highest BCUT2D eigenvalue weighted by Crippen LogP contribution is 2.25. The van der Waals surface area contributed by atoms with Gasteiger partial charge < -0.3 is 15.5 Å². The van der Waals surface area contributed by atoms with Crippen molar-refractivity contribution >= 4 is 23.0 Å². The second-order valence-corrected chi connectivity index (χ2v) is 6.69. The van der Waals surface area contributed by atoms with Gasteiger partial charge in [-0.05, 0) is 63.1 Å². The molecule has 2 rings (SSSR count). The van der Waals surface area contributed by atoms with Crippen LogP contribution in [0.2, 0.25) is 0 Å². The number of carbonyl (C=O) groups is 1. The van der Waals surface area contributed by atoms with E-state index in [9.17, 15) is 4.79 Å². The maximum Gasteiger partial charge on any atom is 0.269 e. The first-order valence-electron chi connectivity index (χ1n) is 9.95. The molecular weight excluding hydrogens is 336 g/mol. The van der Waals surface area contributed by atoms with Crippen LogP contribution >= 0.6 is 0 Å². The van der Waals surface area contributed by atoms with Gasteiger partial charge in [-0.1, -0.05) is 19.8 Å². The largest absolute Gasteiger partial charge is 0.372 e. The molecule has 5 heteroatoms. The summed E-state index contributed by atoms with van der Waals surface area (Å²) in [4.78, 5) is 18.7. The zero-order chi connectivity index (χ0) is 19.6. The van der Waals surface area contributed by atoms with E-state index < -0.39 is 0 Å². The molecule has 0 spiro atoms. The molecule has 1 heterocycles. The molecule has 27 heavy (non-hydrogen) atoms. The predicted molar refractivity (Wildman–Crippen MR) is 114 cm³/mol. The van der Waals surface area contributed by atoms with Crippen LogP contribution in [0.3, 0.4) is 0 Å². The van der Waals surface area contributed by atoms with Crippen molar-refractivity contribution in [3.8, 4) is 0 Å². The zero-order valence-corrected chi connectivity index (χ0v) is 17.0. The number of nitrogens with zero attached hydrogens (tertiary/aromatic N) is 2. The maximum absolute atomic E-state index is 12.1. The Labute approximate surface area is 163 Å². The van der Waals surface area contributed by atoms with Gasteiger partial charge in [0.1, 0.15) is 5.69 Å². The molecule has 2 N–H and O–H groups in total. The number of anilines is 3. The number of rotatable bonds is 10. The van der Waals surface area contributed by atoms with Crippen LogP contribution in [0, 0.1) is 6.92 Å². The van der Waals surface area contributed by atoms with Crippen LogP contribution < -0.4 is 15.5 Å². The molecule has 0 aliphatic heterocycles. The summed E-state index contributed by atoms with van der Waals surface area (Å²) in [6, 6.07) is 10.1. The topological polar surface area (TPSA) is 57.3 Å². The molecule has 5 nitrogen and oxygen atoms in total. The molecule has 0 fully saturated rings. The Hall–Kier alpha value is -2.56. The van der Waals surface area contributed by atoms with Crippen LogP contribution in [0.4, 0.5) is 17.1 Å². The molecule has 0 saturated heterocycles. The van der Waals surface area contributed by atoms with Gasteiger partial charge in [0.2, 0.25) is 0 Å². The van der Waals surface area contributed by atoms with Gasteiger partial charge in [0.15, 0.2) is 0 Å². The smallest absolute Gasteiger partial charge is 0.269 e. The molecule has 1 aromatic heterocycles. The second-order valence-electron chi connectivity index (χ2n) is 6.69. The lowest BCUT2D eigenvalue weighted by Crippen LogP contribution is -2.25. The Bertz CT molecular complexity index is 724. The fourth-order valence-corrected chi connectivity index (χ4v) is 3.00. The first kappa shape index (κ1) is 20.7. The number of aromatic nitrogens is 1. The standard InChI is InChI=1S/C22H32N4O/c1-5-8-9-14-23-22(27)21-12-10-18(16-24-21)25-20-13-11-19(15-17(20)4)26(6-2)7-3/h10-13,15-16,25H,5-9,14H2,1-4H3,(H,23,27). The molecule has 0 saturated carbocycles. The lowest BCUT2D eigenvalue weighted by Gasteiger charge is -2.22. The van der Waals surface area contributed by atoms with Crippen LogP contribution in [-0.4, -0.2) is 30.5 Å². The summed E-state index contributed by atoms with van der Waals surface area (Å²) >= 11 is 0. The number of carbonyl (C=O) groups excluding carboxylic acids is 1. The van der Waals surface area contributed by atoms with Gasteiger partial charge in [0, 0.05) is 31.0 Å². The fourth-order valence-electron chi connectivity index (χ4n) is 3.00. The Morgan fingerprint density at radius 3 is 2.44 bits per heavy atom. The molecule has 0 aliphatic rings. The first-order chi connectivity index (χ1) is 13.1. The molecule has 2 aromatic rings. The van der Waals surface area contributed by atoms with E-state index in [4.69, 9.17) is 0 Å². The zero-order valence-electron chi connectivity index (χ0n) is 17.0. The highest BCUT2D eigenvalue weighted by atomic mass is 16.1. The molecular formula is C22H32N4O. The summed E-state index contributed by atoms with van der Waals surface area (Å²) < 4.78 is 0. The highest BCUT2D eigenvalue weighted by Gasteiger charge is 2.08. The number of unbranched alkanes of at least 4 members (excludes halogenated alkanes) is 2. The lowest BCUT2D eigenvalue weighted by molar-refractivity contribution is 0.0948. The number of amides is 1. The predicted octanol–water partition coefficient (Wildman–Crippen LogP) is 4.90. The van der Waals surface area contributed by atoms with Crippen molar-refractivity contribution in [2.75, 3.05) is 29.9 Å². The third kappa shape index (κ3) is 5.98. The summed E-state index contributed by atoms with van der Waals surface area (Å²) in [6.45, 7) is 11.3. The monoisotopic (exact) mass is 368 g/mol. The Morgan fingerprint density at radius 2 is 1.85 bits per heavy atom. The Balaban J connectivity index is 1.99. The summed E-state index contributed by atoms with van der Waals surface area (Å²) in [5.74, 6) is -0.114. The van der Waals surface area contributed by atoms with E-state index in [-0.39, 0.29) is 5.91 Å². The van der Waals surface area contributed by atoms with Crippen molar-refractivity contribution in [2.24, 2.45) is 0 Å². The summed E-state index contributed by atoms with van der Waals surface area (Å²) in [7, 11) is 0. The quantitative estimate of drug-likeness (QED) is 0.586. The van der Waals surface area contributed by atoms with E-state index >= 15 is 0 Å². The molecule has 0 radical (unpaired) electrons. The summed E-state index contributed by atoms with van der Waals surface area (Å²) in [5, 5.41) is 6.30. The molecule has 0 unspecified atom stereocenters. The summed E-state index contributed by atoms with van der Waals surface area (Å²) in [5.41, 5.74) is 4.78. The number of aryl methyl sites for hydroxylation is 1. The Morgan fingerprint density at radius 1 is 1.07 bits per heavy atom. The van der Waals surface area contributed by atoms with Crippen molar-refractivity contribution in [2.45, 2.75) is 47.0 Å². The van der Waals surface area contributed by atoms with Crippen molar-refractivity contribution in [3.63, 3.8) is 0 Å². The van der Waals surface area contributed by atoms with Gasteiger partial charge in [-0.25, -0.2) is 4.98 Å². The maximum atomic E-state index is 12.1. The van der Waals surface area contributed by atoms with E-state index in [0.29, 0.717) is 12.2 Å². The van der Waals surface area contributed by atoms with Gasteiger partial charge in [-0.15, -0.1) is 0 Å². The normalized spacial score (nSPS) is 10.5. The SMILES string of the molecule is CCCCCNC(=O)c1ccc(Nc2ccc(N(CC)CC)cc2C)cn1. The van der Waals surface area contributed by atoms with Crippen LogP contribution in [0.25, 0.3) is 0 Å². The number of hydrogen-bond donors (Lipinski definition) is 2. The molecule has 146 valence electrons. The van der Waals surface area contributed by atoms with Crippen molar-refractivity contribution in [3.05, 3.63) is 47.8 Å². The van der Waals surface area contributed by atoms with Gasteiger partial charge >= 0.3 is 0 Å². The van der Waals surface area contributed by atoms with E-state index in [0.717, 1.165) is 43.7 Å². The van der Waals surface area contributed by atoms with Crippen LogP contribution in [0.1, 0.15) is 56.1 Å². The van der Waals surface area contributed by atoms with Crippen LogP contribution in [-0.2, 0) is 0 Å². The highest BCUT2D eigenvalue weighted by molar-refractivity contribution is 5.92. The van der Waals surface area contributed by atoms with Crippen molar-refractivity contribution in [1.29, 1.82) is 0 Å². The van der Waals surface area contributed by atoms with Gasteiger partial charge in [0.25, 0.3) is 5.91 Å². The number of nitrogens with one attached hydrogen (secondary N) is 2. The minimum Gasteiger partial charge on any atom is -0.372 e. The molecule has 1 aromatic carbocycles. The van der Waals surface area contributed by atoms with Crippen LogP contribution in [0.15, 0.2) is 36.5 Å². The number of pyridine rings is 1. The Kier molecular flexibility index (Phi) is 8.11. The van der Waals surface area contributed by atoms with E-state index in [1.165, 1.54) is 11.3 Å². The average molecular weight is 369 g/mol. The lowest BCUT2D eigenvalue weighted by atomic mass is 10.1. The minimum absolute atomic E-state index is 0.114.